The number of rotatable bonds is 3. The van der Waals surface area contributed by atoms with Crippen LogP contribution in [-0.4, -0.2) is 28.4 Å². The second-order valence-corrected chi connectivity index (χ2v) is 10.2. The maximum Gasteiger partial charge on any atom is 0.241 e. The zero-order valence-corrected chi connectivity index (χ0v) is 19.3. The molecule has 3 atom stereocenters. The van der Waals surface area contributed by atoms with Crippen molar-refractivity contribution in [3.8, 4) is 0 Å². The molecule has 158 valence electrons. The summed E-state index contributed by atoms with van der Waals surface area (Å²) >= 11 is 5.01. The predicted molar refractivity (Wildman–Crippen MR) is 129 cm³/mol. The number of benzene rings is 3. The van der Waals surface area contributed by atoms with Crippen LogP contribution in [0.2, 0.25) is 0 Å². The molecule has 3 aliphatic rings. The molecule has 7 heteroatoms. The van der Waals surface area contributed by atoms with Crippen molar-refractivity contribution in [1.82, 2.24) is 5.01 Å². The van der Waals surface area contributed by atoms with E-state index in [1.165, 1.54) is 4.90 Å². The van der Waals surface area contributed by atoms with Crippen LogP contribution in [0.4, 0.5) is 5.69 Å². The summed E-state index contributed by atoms with van der Waals surface area (Å²) < 4.78 is 0.903. The predicted octanol–water partition coefficient (Wildman–Crippen LogP) is 4.83. The van der Waals surface area contributed by atoms with Crippen LogP contribution in [0.25, 0.3) is 0 Å². The summed E-state index contributed by atoms with van der Waals surface area (Å²) in [6, 6.07) is 27.3. The number of carbonyl (C=O) groups is 2. The molecule has 3 aliphatic heterocycles. The standard InChI is InChI=1S/C25H18BrN3O2S/c26-18-11-13-19(14-12-18)29-23(30)20-15-28-25(21(20)24(29)31,17-9-5-2-6-10-17)32-22(27-28)16-7-3-1-4-8-16/h1-14,20-21H,15H2/t20-,21+,25-/m0/s1. The maximum atomic E-state index is 13.8. The van der Waals surface area contributed by atoms with Crippen LogP contribution in [0, 0.1) is 11.8 Å². The highest BCUT2D eigenvalue weighted by atomic mass is 79.9. The van der Waals surface area contributed by atoms with E-state index in [1.807, 2.05) is 89.9 Å². The molecular weight excluding hydrogens is 486 g/mol. The zero-order valence-electron chi connectivity index (χ0n) is 16.9. The van der Waals surface area contributed by atoms with Gasteiger partial charge in [-0.25, -0.2) is 4.90 Å². The van der Waals surface area contributed by atoms with Gasteiger partial charge in [0.2, 0.25) is 11.8 Å². The van der Waals surface area contributed by atoms with Crippen molar-refractivity contribution in [2.24, 2.45) is 16.9 Å². The topological polar surface area (TPSA) is 53.0 Å². The Balaban J connectivity index is 1.46. The first-order chi connectivity index (χ1) is 15.6. The molecule has 0 spiro atoms. The average molecular weight is 504 g/mol. The van der Waals surface area contributed by atoms with Gasteiger partial charge in [-0.3, -0.25) is 14.6 Å². The largest absolute Gasteiger partial charge is 0.274 e. The number of carbonyl (C=O) groups excluding carboxylic acids is 2. The Morgan fingerprint density at radius 1 is 0.875 bits per heavy atom. The summed E-state index contributed by atoms with van der Waals surface area (Å²) in [5.74, 6) is -1.26. The first kappa shape index (κ1) is 19.8. The van der Waals surface area contributed by atoms with Crippen molar-refractivity contribution >= 4 is 50.2 Å². The molecule has 3 aromatic carbocycles. The summed E-state index contributed by atoms with van der Waals surface area (Å²) in [5, 5.41) is 7.76. The van der Waals surface area contributed by atoms with Crippen LogP contribution in [0.5, 0.6) is 0 Å². The van der Waals surface area contributed by atoms with Crippen LogP contribution in [0.15, 0.2) is 94.5 Å². The molecule has 0 aliphatic carbocycles. The van der Waals surface area contributed by atoms with E-state index >= 15 is 0 Å². The van der Waals surface area contributed by atoms with Crippen LogP contribution in [0.1, 0.15) is 11.1 Å². The lowest BCUT2D eigenvalue weighted by atomic mass is 9.88. The Kier molecular flexibility index (Phi) is 4.52. The van der Waals surface area contributed by atoms with Crippen molar-refractivity contribution in [2.45, 2.75) is 4.87 Å². The van der Waals surface area contributed by atoms with E-state index in [0.717, 1.165) is 20.6 Å². The van der Waals surface area contributed by atoms with Crippen LogP contribution >= 0.6 is 27.7 Å². The Labute approximate surface area is 198 Å². The van der Waals surface area contributed by atoms with Crippen molar-refractivity contribution in [3.63, 3.8) is 0 Å². The van der Waals surface area contributed by atoms with Crippen LogP contribution < -0.4 is 4.90 Å². The van der Waals surface area contributed by atoms with Gasteiger partial charge in [-0.05, 0) is 29.8 Å². The summed E-state index contributed by atoms with van der Waals surface area (Å²) in [6.45, 7) is 0.417. The third kappa shape index (κ3) is 2.74. The Morgan fingerprint density at radius 3 is 2.22 bits per heavy atom. The molecule has 0 radical (unpaired) electrons. The lowest BCUT2D eigenvalue weighted by Crippen LogP contribution is -2.43. The van der Waals surface area contributed by atoms with Gasteiger partial charge in [0.05, 0.1) is 24.1 Å². The average Bonchev–Trinajstić information content (AvgIpc) is 3.43. The number of thioether (sulfide) groups is 1. The lowest BCUT2D eigenvalue weighted by Gasteiger charge is -2.35. The highest BCUT2D eigenvalue weighted by Crippen LogP contribution is 2.61. The Hall–Kier alpha value is -2.90. The van der Waals surface area contributed by atoms with E-state index in [1.54, 1.807) is 11.8 Å². The third-order valence-electron chi connectivity index (χ3n) is 6.36. The fraction of sp³-hybridized carbons (Fsp3) is 0.160. The zero-order chi connectivity index (χ0) is 21.9. The number of hydrogen-bond donors (Lipinski definition) is 0. The highest BCUT2D eigenvalue weighted by Gasteiger charge is 2.68. The van der Waals surface area contributed by atoms with E-state index < -0.39 is 16.7 Å². The van der Waals surface area contributed by atoms with Gasteiger partial charge in [0, 0.05) is 10.0 Å². The third-order valence-corrected chi connectivity index (χ3v) is 8.41. The molecule has 2 amide bonds. The van der Waals surface area contributed by atoms with Crippen molar-refractivity contribution < 1.29 is 9.59 Å². The van der Waals surface area contributed by atoms with Crippen molar-refractivity contribution in [1.29, 1.82) is 0 Å². The number of halogens is 1. The minimum absolute atomic E-state index is 0.149. The Bertz CT molecular complexity index is 1250. The molecule has 0 aromatic heterocycles. The number of hydrogen-bond acceptors (Lipinski definition) is 5. The Morgan fingerprint density at radius 2 is 1.53 bits per heavy atom. The second-order valence-electron chi connectivity index (χ2n) is 8.09. The molecule has 0 saturated carbocycles. The minimum Gasteiger partial charge on any atom is -0.274 e. The lowest BCUT2D eigenvalue weighted by molar-refractivity contribution is -0.123. The summed E-state index contributed by atoms with van der Waals surface area (Å²) in [7, 11) is 0. The fourth-order valence-corrected chi connectivity index (χ4v) is 6.77. The van der Waals surface area contributed by atoms with Gasteiger partial charge >= 0.3 is 0 Å². The van der Waals surface area contributed by atoms with E-state index in [0.29, 0.717) is 12.2 Å². The van der Waals surface area contributed by atoms with Gasteiger partial charge < -0.3 is 0 Å². The molecule has 2 saturated heterocycles. The van der Waals surface area contributed by atoms with Gasteiger partial charge in [0.25, 0.3) is 0 Å². The number of imide groups is 1. The normalized spacial score (nSPS) is 26.3. The van der Waals surface area contributed by atoms with Crippen molar-refractivity contribution in [2.75, 3.05) is 11.4 Å². The fourth-order valence-electron chi connectivity index (χ4n) is 4.95. The van der Waals surface area contributed by atoms with E-state index in [2.05, 4.69) is 15.9 Å². The summed E-state index contributed by atoms with van der Waals surface area (Å²) in [4.78, 5) is 27.9. The van der Waals surface area contributed by atoms with Crippen LogP contribution in [-0.2, 0) is 14.5 Å². The first-order valence-corrected chi connectivity index (χ1v) is 12.0. The molecule has 0 unspecified atom stereocenters. The SMILES string of the molecule is O=C1[C@H]2CN3N=C(c4ccccc4)S[C@@]3(c3ccccc3)[C@H]2C(=O)N1c1ccc(Br)cc1. The number of nitrogens with zero attached hydrogens (tertiary/aromatic N) is 3. The number of fused-ring (bicyclic) bond motifs is 3. The molecule has 3 heterocycles. The van der Waals surface area contributed by atoms with Gasteiger partial charge in [0.1, 0.15) is 9.91 Å². The number of amides is 2. The van der Waals surface area contributed by atoms with E-state index in [9.17, 15) is 9.59 Å². The smallest absolute Gasteiger partial charge is 0.241 e. The second kappa shape index (κ2) is 7.32. The molecular formula is C25H18BrN3O2S. The van der Waals surface area contributed by atoms with E-state index in [-0.39, 0.29) is 11.8 Å². The van der Waals surface area contributed by atoms with Gasteiger partial charge in [-0.2, -0.15) is 5.10 Å². The van der Waals surface area contributed by atoms with Crippen molar-refractivity contribution in [3.05, 3.63) is 101 Å². The maximum absolute atomic E-state index is 13.8. The molecule has 6 rings (SSSR count). The van der Waals surface area contributed by atoms with Gasteiger partial charge in [-0.1, -0.05) is 88.4 Å². The quantitative estimate of drug-likeness (QED) is 0.480. The monoisotopic (exact) mass is 503 g/mol. The van der Waals surface area contributed by atoms with Gasteiger partial charge in [0.15, 0.2) is 0 Å². The molecule has 3 aromatic rings. The van der Waals surface area contributed by atoms with E-state index in [4.69, 9.17) is 5.10 Å². The summed E-state index contributed by atoms with van der Waals surface area (Å²) in [6.07, 6.45) is 0. The van der Waals surface area contributed by atoms with Gasteiger partial charge in [-0.15, -0.1) is 0 Å². The molecule has 5 nitrogen and oxygen atoms in total. The number of hydrazone groups is 1. The van der Waals surface area contributed by atoms with Crippen LogP contribution in [0.3, 0.4) is 0 Å². The molecule has 32 heavy (non-hydrogen) atoms. The summed E-state index contributed by atoms with van der Waals surface area (Å²) in [5.41, 5.74) is 2.62. The molecule has 0 N–H and O–H groups in total. The minimum atomic E-state index is -0.742. The molecule has 0 bridgehead atoms. The molecule has 2 fully saturated rings. The highest BCUT2D eigenvalue weighted by molar-refractivity contribution is 9.10. The number of anilines is 1. The first-order valence-electron chi connectivity index (χ1n) is 10.4.